The number of hydrogen-bond acceptors (Lipinski definition) is 3. The monoisotopic (exact) mass is 292 g/mol. The molecule has 2 heterocycles. The lowest BCUT2D eigenvalue weighted by Gasteiger charge is -2.03. The summed E-state index contributed by atoms with van der Waals surface area (Å²) in [5.74, 6) is 0. The van der Waals surface area contributed by atoms with Gasteiger partial charge in [0.15, 0.2) is 0 Å². The summed E-state index contributed by atoms with van der Waals surface area (Å²) in [7, 11) is 1.91. The highest BCUT2D eigenvalue weighted by molar-refractivity contribution is 6.35. The van der Waals surface area contributed by atoms with E-state index < -0.39 is 0 Å². The summed E-state index contributed by atoms with van der Waals surface area (Å²) in [5, 5.41) is 1.75. The first-order valence-corrected chi connectivity index (χ1v) is 6.34. The van der Waals surface area contributed by atoms with Gasteiger partial charge in [-0.05, 0) is 17.7 Å². The smallest absolute Gasteiger partial charge is 0.145 e. The molecule has 0 bridgehead atoms. The van der Waals surface area contributed by atoms with Crippen molar-refractivity contribution < 1.29 is 0 Å². The molecule has 3 aromatic rings. The fourth-order valence-corrected chi connectivity index (χ4v) is 2.50. The second-order valence-electron chi connectivity index (χ2n) is 4.25. The third-order valence-electron chi connectivity index (χ3n) is 3.02. The van der Waals surface area contributed by atoms with Gasteiger partial charge < -0.3 is 10.3 Å². The number of aromatic nitrogens is 3. The zero-order valence-electron chi connectivity index (χ0n) is 10.1. The Morgan fingerprint density at radius 3 is 2.74 bits per heavy atom. The summed E-state index contributed by atoms with van der Waals surface area (Å²) >= 11 is 12.2. The van der Waals surface area contributed by atoms with E-state index in [9.17, 15) is 0 Å². The number of hydrogen-bond donors (Lipinski definition) is 1. The molecule has 0 fully saturated rings. The van der Waals surface area contributed by atoms with E-state index in [1.807, 2.05) is 29.9 Å². The van der Waals surface area contributed by atoms with Gasteiger partial charge in [0, 0.05) is 18.8 Å². The Kier molecular flexibility index (Phi) is 2.84. The Labute approximate surface area is 119 Å². The van der Waals surface area contributed by atoms with Crippen LogP contribution in [0.15, 0.2) is 30.7 Å². The van der Waals surface area contributed by atoms with Gasteiger partial charge in [-0.2, -0.15) is 0 Å². The van der Waals surface area contributed by atoms with E-state index in [1.54, 1.807) is 6.07 Å². The molecular weight excluding hydrogens is 283 g/mol. The Morgan fingerprint density at radius 1 is 1.21 bits per heavy atom. The molecule has 19 heavy (non-hydrogen) atoms. The van der Waals surface area contributed by atoms with Crippen LogP contribution in [0.1, 0.15) is 0 Å². The number of nitrogen functional groups attached to an aromatic ring is 1. The Morgan fingerprint density at radius 2 is 2.00 bits per heavy atom. The highest BCUT2D eigenvalue weighted by atomic mass is 35.5. The quantitative estimate of drug-likeness (QED) is 0.551. The standard InChI is InChI=1S/C13H10Cl2N4/c1-19-5-8(7-2-3-10(16)9(14)4-7)11-12(15)17-6-18-13(11)19/h2-6H,16H2,1H3. The van der Waals surface area contributed by atoms with Crippen molar-refractivity contribution in [3.63, 3.8) is 0 Å². The zero-order chi connectivity index (χ0) is 13.6. The largest absolute Gasteiger partial charge is 0.398 e. The Balaban J connectivity index is 2.33. The zero-order valence-corrected chi connectivity index (χ0v) is 11.6. The summed E-state index contributed by atoms with van der Waals surface area (Å²) in [6, 6.07) is 5.49. The van der Waals surface area contributed by atoms with Crippen LogP contribution in [0.3, 0.4) is 0 Å². The highest BCUT2D eigenvalue weighted by Gasteiger charge is 2.14. The number of aryl methyl sites for hydroxylation is 1. The van der Waals surface area contributed by atoms with Crippen molar-refractivity contribution >= 4 is 39.9 Å². The maximum absolute atomic E-state index is 6.17. The van der Waals surface area contributed by atoms with Gasteiger partial charge in [0.05, 0.1) is 16.1 Å². The van der Waals surface area contributed by atoms with Gasteiger partial charge in [0.25, 0.3) is 0 Å². The van der Waals surface area contributed by atoms with Crippen LogP contribution in [0.25, 0.3) is 22.2 Å². The third kappa shape index (κ3) is 1.93. The fourth-order valence-electron chi connectivity index (χ4n) is 2.09. The molecule has 0 amide bonds. The van der Waals surface area contributed by atoms with Crippen LogP contribution in [0, 0.1) is 0 Å². The molecule has 0 spiro atoms. The maximum Gasteiger partial charge on any atom is 0.145 e. The number of fused-ring (bicyclic) bond motifs is 1. The minimum Gasteiger partial charge on any atom is -0.398 e. The summed E-state index contributed by atoms with van der Waals surface area (Å²) < 4.78 is 1.91. The molecule has 0 saturated heterocycles. The third-order valence-corrected chi connectivity index (χ3v) is 3.63. The lowest BCUT2D eigenvalue weighted by atomic mass is 10.1. The first kappa shape index (κ1) is 12.3. The lowest BCUT2D eigenvalue weighted by Crippen LogP contribution is -1.88. The van der Waals surface area contributed by atoms with E-state index in [1.165, 1.54) is 6.33 Å². The normalized spacial score (nSPS) is 11.1. The average molecular weight is 293 g/mol. The molecule has 0 aliphatic rings. The highest BCUT2D eigenvalue weighted by Crippen LogP contribution is 2.35. The molecule has 2 aromatic heterocycles. The number of benzene rings is 1. The van der Waals surface area contributed by atoms with E-state index >= 15 is 0 Å². The van der Waals surface area contributed by atoms with Crippen molar-refractivity contribution in [3.05, 3.63) is 40.9 Å². The summed E-state index contributed by atoms with van der Waals surface area (Å²) in [6.07, 6.45) is 3.40. The molecule has 3 rings (SSSR count). The SMILES string of the molecule is Cn1cc(-c2ccc(N)c(Cl)c2)c2c(Cl)ncnc21. The molecule has 96 valence electrons. The first-order chi connectivity index (χ1) is 9.08. The number of nitrogens with two attached hydrogens (primary N) is 1. The molecule has 0 atom stereocenters. The second-order valence-corrected chi connectivity index (χ2v) is 5.02. The molecule has 0 unspecified atom stereocenters. The van der Waals surface area contributed by atoms with E-state index in [4.69, 9.17) is 28.9 Å². The second kappa shape index (κ2) is 4.40. The number of anilines is 1. The van der Waals surface area contributed by atoms with Crippen LogP contribution in [0.4, 0.5) is 5.69 Å². The topological polar surface area (TPSA) is 56.7 Å². The molecule has 0 aliphatic heterocycles. The number of nitrogens with zero attached hydrogens (tertiary/aromatic N) is 3. The van der Waals surface area contributed by atoms with Gasteiger partial charge in [-0.1, -0.05) is 29.3 Å². The van der Waals surface area contributed by atoms with Crippen LogP contribution in [-0.2, 0) is 7.05 Å². The van der Waals surface area contributed by atoms with Crippen molar-refractivity contribution in [1.29, 1.82) is 0 Å². The molecule has 4 nitrogen and oxygen atoms in total. The van der Waals surface area contributed by atoms with Crippen molar-refractivity contribution in [2.45, 2.75) is 0 Å². The van der Waals surface area contributed by atoms with Crippen molar-refractivity contribution in [2.75, 3.05) is 5.73 Å². The van der Waals surface area contributed by atoms with Crippen LogP contribution in [-0.4, -0.2) is 14.5 Å². The van der Waals surface area contributed by atoms with E-state index in [-0.39, 0.29) is 0 Å². The summed E-state index contributed by atoms with van der Waals surface area (Å²) in [5.41, 5.74) is 8.92. The van der Waals surface area contributed by atoms with Gasteiger partial charge in [0.2, 0.25) is 0 Å². The number of rotatable bonds is 1. The molecule has 1 aromatic carbocycles. The van der Waals surface area contributed by atoms with Gasteiger partial charge >= 0.3 is 0 Å². The molecule has 0 radical (unpaired) electrons. The van der Waals surface area contributed by atoms with Crippen molar-refractivity contribution in [2.24, 2.45) is 7.05 Å². The van der Waals surface area contributed by atoms with Gasteiger partial charge in [0.1, 0.15) is 17.1 Å². The minimum atomic E-state index is 0.425. The minimum absolute atomic E-state index is 0.425. The van der Waals surface area contributed by atoms with Crippen LogP contribution in [0.2, 0.25) is 10.2 Å². The van der Waals surface area contributed by atoms with Crippen LogP contribution in [0.5, 0.6) is 0 Å². The lowest BCUT2D eigenvalue weighted by molar-refractivity contribution is 0.944. The predicted octanol–water partition coefficient (Wildman–Crippen LogP) is 3.52. The number of halogens is 2. The van der Waals surface area contributed by atoms with Gasteiger partial charge in [-0.3, -0.25) is 0 Å². The molecule has 0 saturated carbocycles. The molecule has 2 N–H and O–H groups in total. The van der Waals surface area contributed by atoms with E-state index in [2.05, 4.69) is 9.97 Å². The molecular formula is C13H10Cl2N4. The molecule has 6 heteroatoms. The predicted molar refractivity (Wildman–Crippen MR) is 78.4 cm³/mol. The Bertz CT molecular complexity index is 780. The van der Waals surface area contributed by atoms with Crippen molar-refractivity contribution in [1.82, 2.24) is 14.5 Å². The first-order valence-electron chi connectivity index (χ1n) is 5.59. The van der Waals surface area contributed by atoms with E-state index in [0.717, 1.165) is 22.2 Å². The van der Waals surface area contributed by atoms with Crippen LogP contribution < -0.4 is 5.73 Å². The van der Waals surface area contributed by atoms with Gasteiger partial charge in [-0.25, -0.2) is 9.97 Å². The fraction of sp³-hybridized carbons (Fsp3) is 0.0769. The average Bonchev–Trinajstić information content (AvgIpc) is 2.72. The molecule has 0 aliphatic carbocycles. The van der Waals surface area contributed by atoms with Crippen LogP contribution >= 0.6 is 23.2 Å². The summed E-state index contributed by atoms with van der Waals surface area (Å²) in [6.45, 7) is 0. The maximum atomic E-state index is 6.17. The van der Waals surface area contributed by atoms with E-state index in [0.29, 0.717) is 15.9 Å². The van der Waals surface area contributed by atoms with Crippen molar-refractivity contribution in [3.8, 4) is 11.1 Å². The van der Waals surface area contributed by atoms with Gasteiger partial charge in [-0.15, -0.1) is 0 Å². The Hall–Kier alpha value is -1.78. The summed E-state index contributed by atoms with van der Waals surface area (Å²) in [4.78, 5) is 8.27.